The van der Waals surface area contributed by atoms with E-state index in [4.69, 9.17) is 0 Å². The second-order valence-corrected chi connectivity index (χ2v) is 6.77. The maximum absolute atomic E-state index is 4.44. The van der Waals surface area contributed by atoms with Crippen LogP contribution in [0.25, 0.3) is 0 Å². The molecule has 1 N–H and O–H groups in total. The molecule has 2 aromatic rings. The predicted molar refractivity (Wildman–Crippen MR) is 79.7 cm³/mol. The van der Waals surface area contributed by atoms with Crippen molar-refractivity contribution in [2.45, 2.75) is 36.8 Å². The van der Waals surface area contributed by atoms with E-state index in [9.17, 15) is 0 Å². The van der Waals surface area contributed by atoms with E-state index in [-0.39, 0.29) is 0 Å². The van der Waals surface area contributed by atoms with Gasteiger partial charge in [0.1, 0.15) is 5.82 Å². The molecule has 2 heterocycles. The van der Waals surface area contributed by atoms with Crippen molar-refractivity contribution in [1.29, 1.82) is 0 Å². The fourth-order valence-electron chi connectivity index (χ4n) is 1.26. The Morgan fingerprint density at radius 3 is 3.00 bits per heavy atom. The van der Waals surface area contributed by atoms with Crippen molar-refractivity contribution in [2.75, 3.05) is 11.9 Å². The summed E-state index contributed by atoms with van der Waals surface area (Å²) in [5.41, 5.74) is 0. The van der Waals surface area contributed by atoms with Crippen LogP contribution in [0.2, 0.25) is 0 Å². The summed E-state index contributed by atoms with van der Waals surface area (Å²) in [6.07, 6.45) is 3.97. The zero-order chi connectivity index (χ0) is 12.8. The summed E-state index contributed by atoms with van der Waals surface area (Å²) in [6, 6.07) is 0. The summed E-state index contributed by atoms with van der Waals surface area (Å²) in [5.74, 6) is 1.86. The SMILES string of the molecule is CCCNc1ncc(CSc2nc(CC)ns2)s1. The molecule has 0 unspecified atom stereocenters. The van der Waals surface area contributed by atoms with Gasteiger partial charge in [0.05, 0.1) is 0 Å². The maximum Gasteiger partial charge on any atom is 0.182 e. The molecule has 0 saturated heterocycles. The summed E-state index contributed by atoms with van der Waals surface area (Å²) < 4.78 is 5.32. The van der Waals surface area contributed by atoms with Crippen LogP contribution >= 0.6 is 34.6 Å². The van der Waals surface area contributed by atoms with Gasteiger partial charge >= 0.3 is 0 Å². The first-order valence-corrected chi connectivity index (χ1v) is 8.53. The molecule has 0 fully saturated rings. The number of aryl methyl sites for hydroxylation is 1. The van der Waals surface area contributed by atoms with Crippen LogP contribution in [-0.4, -0.2) is 20.9 Å². The monoisotopic (exact) mass is 300 g/mol. The number of hydrogen-bond donors (Lipinski definition) is 1. The third kappa shape index (κ3) is 3.93. The van der Waals surface area contributed by atoms with E-state index in [1.807, 2.05) is 6.20 Å². The Hall–Kier alpha value is -0.660. The van der Waals surface area contributed by atoms with Gasteiger partial charge in [0.2, 0.25) is 0 Å². The maximum atomic E-state index is 4.44. The molecule has 0 amide bonds. The molecular formula is C11H16N4S3. The van der Waals surface area contributed by atoms with E-state index in [1.165, 1.54) is 16.4 Å². The van der Waals surface area contributed by atoms with Gasteiger partial charge in [-0.2, -0.15) is 4.37 Å². The first-order valence-electron chi connectivity index (χ1n) is 5.95. The van der Waals surface area contributed by atoms with Gasteiger partial charge in [-0.1, -0.05) is 25.6 Å². The quantitative estimate of drug-likeness (QED) is 0.791. The molecule has 0 aliphatic heterocycles. The minimum Gasteiger partial charge on any atom is -0.362 e. The van der Waals surface area contributed by atoms with Crippen molar-refractivity contribution in [3.8, 4) is 0 Å². The van der Waals surface area contributed by atoms with Crippen LogP contribution in [0.3, 0.4) is 0 Å². The van der Waals surface area contributed by atoms with Gasteiger partial charge < -0.3 is 5.32 Å². The Labute approximate surface area is 119 Å². The van der Waals surface area contributed by atoms with Crippen LogP contribution in [0.15, 0.2) is 10.5 Å². The topological polar surface area (TPSA) is 50.7 Å². The van der Waals surface area contributed by atoms with E-state index in [2.05, 4.69) is 33.5 Å². The van der Waals surface area contributed by atoms with Crippen molar-refractivity contribution in [3.63, 3.8) is 0 Å². The highest BCUT2D eigenvalue weighted by atomic mass is 32.2. The Bertz CT molecular complexity index is 480. The molecule has 2 aromatic heterocycles. The molecule has 0 aromatic carbocycles. The highest BCUT2D eigenvalue weighted by Gasteiger charge is 2.06. The number of hydrogen-bond acceptors (Lipinski definition) is 7. The second kappa shape index (κ2) is 7.06. The number of thiazole rings is 1. The summed E-state index contributed by atoms with van der Waals surface area (Å²) in [6.45, 7) is 5.21. The predicted octanol–water partition coefficient (Wildman–Crippen LogP) is 3.67. The number of nitrogens with zero attached hydrogens (tertiary/aromatic N) is 3. The van der Waals surface area contributed by atoms with Crippen LogP contribution in [0.5, 0.6) is 0 Å². The van der Waals surface area contributed by atoms with Gasteiger partial charge in [-0.25, -0.2) is 9.97 Å². The van der Waals surface area contributed by atoms with Gasteiger partial charge in [0.15, 0.2) is 9.47 Å². The first-order chi connectivity index (χ1) is 8.81. The number of nitrogens with one attached hydrogen (secondary N) is 1. The summed E-state index contributed by atoms with van der Waals surface area (Å²) in [5, 5.41) is 4.31. The summed E-state index contributed by atoms with van der Waals surface area (Å²) in [4.78, 5) is 10.1. The van der Waals surface area contributed by atoms with Crippen molar-refractivity contribution in [3.05, 3.63) is 16.9 Å². The van der Waals surface area contributed by atoms with Crippen molar-refractivity contribution >= 4 is 39.8 Å². The van der Waals surface area contributed by atoms with Gasteiger partial charge in [-0.15, -0.1) is 11.3 Å². The van der Waals surface area contributed by atoms with E-state index in [0.717, 1.165) is 40.4 Å². The molecule has 2 rings (SSSR count). The highest BCUT2D eigenvalue weighted by molar-refractivity contribution is 8.00. The summed E-state index contributed by atoms with van der Waals surface area (Å²) in [7, 11) is 0. The van der Waals surface area contributed by atoms with E-state index in [0.29, 0.717) is 0 Å². The fourth-order valence-corrected chi connectivity index (χ4v) is 3.82. The zero-order valence-electron chi connectivity index (χ0n) is 10.5. The molecule has 0 atom stereocenters. The van der Waals surface area contributed by atoms with Crippen molar-refractivity contribution in [2.24, 2.45) is 0 Å². The van der Waals surface area contributed by atoms with E-state index >= 15 is 0 Å². The van der Waals surface area contributed by atoms with E-state index in [1.54, 1.807) is 23.1 Å². The lowest BCUT2D eigenvalue weighted by Gasteiger charge is -1.96. The molecule has 18 heavy (non-hydrogen) atoms. The van der Waals surface area contributed by atoms with E-state index < -0.39 is 0 Å². The Kier molecular flexibility index (Phi) is 5.40. The van der Waals surface area contributed by atoms with Crippen LogP contribution in [0.1, 0.15) is 31.0 Å². The van der Waals surface area contributed by atoms with Crippen LogP contribution in [-0.2, 0) is 12.2 Å². The van der Waals surface area contributed by atoms with Crippen LogP contribution in [0.4, 0.5) is 5.13 Å². The highest BCUT2D eigenvalue weighted by Crippen LogP contribution is 2.28. The van der Waals surface area contributed by atoms with Gasteiger partial charge in [0, 0.05) is 29.8 Å². The molecular weight excluding hydrogens is 284 g/mol. The van der Waals surface area contributed by atoms with Crippen molar-refractivity contribution in [1.82, 2.24) is 14.3 Å². The number of anilines is 1. The Balaban J connectivity index is 1.84. The molecule has 4 nitrogen and oxygen atoms in total. The molecule has 98 valence electrons. The third-order valence-electron chi connectivity index (χ3n) is 2.18. The average molecular weight is 300 g/mol. The second-order valence-electron chi connectivity index (χ2n) is 3.68. The standard InChI is InChI=1S/C11H16N4S3/c1-3-5-12-10-13-6-8(17-10)7-16-11-14-9(4-2)15-18-11/h6H,3-5,7H2,1-2H3,(H,12,13). The number of thioether (sulfide) groups is 1. The average Bonchev–Trinajstić information content (AvgIpc) is 3.03. The third-order valence-corrected chi connectivity index (χ3v) is 5.24. The first kappa shape index (κ1) is 13.8. The molecule has 7 heteroatoms. The van der Waals surface area contributed by atoms with Gasteiger partial charge in [-0.05, 0) is 18.0 Å². The van der Waals surface area contributed by atoms with Crippen LogP contribution in [0, 0.1) is 0 Å². The van der Waals surface area contributed by atoms with Crippen LogP contribution < -0.4 is 5.32 Å². The Morgan fingerprint density at radius 2 is 2.28 bits per heavy atom. The summed E-state index contributed by atoms with van der Waals surface area (Å²) >= 11 is 4.94. The smallest absolute Gasteiger partial charge is 0.182 e. The number of rotatable bonds is 7. The van der Waals surface area contributed by atoms with Gasteiger partial charge in [0.25, 0.3) is 0 Å². The fraction of sp³-hybridized carbons (Fsp3) is 0.545. The minimum absolute atomic E-state index is 0.905. The molecule has 0 spiro atoms. The molecule has 0 saturated carbocycles. The molecule has 0 aliphatic rings. The molecule has 0 radical (unpaired) electrons. The number of aromatic nitrogens is 3. The lowest BCUT2D eigenvalue weighted by atomic mass is 10.5. The Morgan fingerprint density at radius 1 is 1.39 bits per heavy atom. The van der Waals surface area contributed by atoms with Gasteiger partial charge in [-0.3, -0.25) is 0 Å². The van der Waals surface area contributed by atoms with Crippen molar-refractivity contribution < 1.29 is 0 Å². The normalized spacial score (nSPS) is 10.8. The largest absolute Gasteiger partial charge is 0.362 e. The minimum atomic E-state index is 0.905. The molecule has 0 aliphatic carbocycles. The lowest BCUT2D eigenvalue weighted by molar-refractivity contribution is 0.971. The lowest BCUT2D eigenvalue weighted by Crippen LogP contribution is -1.97. The zero-order valence-corrected chi connectivity index (χ0v) is 12.9. The molecule has 0 bridgehead atoms.